The van der Waals surface area contributed by atoms with Crippen LogP contribution in [0.5, 0.6) is 0 Å². The Morgan fingerprint density at radius 2 is 1.65 bits per heavy atom. The Hall–Kier alpha value is -2.22. The fourth-order valence-electron chi connectivity index (χ4n) is 2.07. The van der Waals surface area contributed by atoms with Gasteiger partial charge in [-0.25, -0.2) is 13.6 Å². The summed E-state index contributed by atoms with van der Waals surface area (Å²) in [6, 6.07) is 10.6. The molecule has 0 saturated heterocycles. The summed E-state index contributed by atoms with van der Waals surface area (Å²) in [5, 5.41) is 0.869. The predicted molar refractivity (Wildman–Crippen MR) is 73.2 cm³/mol. The maximum atomic E-state index is 13.4. The standard InChI is InChI=1S/C15H12F5NO2/c16-14(17,8-21)13(15(18,19)20)23-12(22)11-7-3-5-9-4-1-2-6-10(9)11/h1-7,13H,8,21H2. The van der Waals surface area contributed by atoms with Crippen LogP contribution in [0.1, 0.15) is 10.4 Å². The molecule has 0 heterocycles. The average molecular weight is 333 g/mol. The van der Waals surface area contributed by atoms with Crippen LogP contribution in [0.4, 0.5) is 22.0 Å². The van der Waals surface area contributed by atoms with Gasteiger partial charge in [0.15, 0.2) is 0 Å². The van der Waals surface area contributed by atoms with Crippen LogP contribution in [0.2, 0.25) is 0 Å². The molecule has 23 heavy (non-hydrogen) atoms. The van der Waals surface area contributed by atoms with Gasteiger partial charge in [0, 0.05) is 0 Å². The zero-order chi connectivity index (χ0) is 17.3. The van der Waals surface area contributed by atoms with Gasteiger partial charge in [0.05, 0.1) is 12.1 Å². The molecule has 124 valence electrons. The van der Waals surface area contributed by atoms with Gasteiger partial charge in [0.1, 0.15) is 0 Å². The van der Waals surface area contributed by atoms with Crippen molar-refractivity contribution < 1.29 is 31.5 Å². The number of fused-ring (bicyclic) bond motifs is 1. The molecule has 0 aliphatic carbocycles. The number of rotatable bonds is 4. The normalized spacial score (nSPS) is 13.8. The number of benzene rings is 2. The van der Waals surface area contributed by atoms with Gasteiger partial charge in [-0.15, -0.1) is 0 Å². The Morgan fingerprint density at radius 3 is 2.26 bits per heavy atom. The first-order valence-corrected chi connectivity index (χ1v) is 6.50. The highest BCUT2D eigenvalue weighted by Crippen LogP contribution is 2.35. The lowest BCUT2D eigenvalue weighted by Gasteiger charge is -2.27. The number of carbonyl (C=O) groups excluding carboxylic acids is 1. The van der Waals surface area contributed by atoms with Gasteiger partial charge in [-0.3, -0.25) is 0 Å². The fourth-order valence-corrected chi connectivity index (χ4v) is 2.07. The van der Waals surface area contributed by atoms with Gasteiger partial charge < -0.3 is 10.5 Å². The summed E-state index contributed by atoms with van der Waals surface area (Å²) < 4.78 is 69.2. The number of nitrogens with two attached hydrogens (primary N) is 1. The van der Waals surface area contributed by atoms with E-state index in [2.05, 4.69) is 10.5 Å². The fraction of sp³-hybridized carbons (Fsp3) is 0.267. The Kier molecular flexibility index (Phi) is 4.56. The van der Waals surface area contributed by atoms with Crippen LogP contribution >= 0.6 is 0 Å². The number of ether oxygens (including phenoxy) is 1. The molecule has 0 radical (unpaired) electrons. The van der Waals surface area contributed by atoms with Crippen molar-refractivity contribution in [3.63, 3.8) is 0 Å². The van der Waals surface area contributed by atoms with Crippen molar-refractivity contribution in [1.29, 1.82) is 0 Å². The van der Waals surface area contributed by atoms with E-state index in [1.54, 1.807) is 24.3 Å². The maximum absolute atomic E-state index is 13.4. The highest BCUT2D eigenvalue weighted by Gasteiger charge is 2.58. The average Bonchev–Trinajstić information content (AvgIpc) is 2.50. The van der Waals surface area contributed by atoms with Crippen molar-refractivity contribution in [3.8, 4) is 0 Å². The highest BCUT2D eigenvalue weighted by molar-refractivity contribution is 6.04. The van der Waals surface area contributed by atoms with Crippen molar-refractivity contribution >= 4 is 16.7 Å². The molecule has 0 aromatic heterocycles. The van der Waals surface area contributed by atoms with Crippen LogP contribution in [0.15, 0.2) is 42.5 Å². The summed E-state index contributed by atoms with van der Waals surface area (Å²) in [6.45, 7) is -1.60. The van der Waals surface area contributed by atoms with Crippen molar-refractivity contribution in [2.75, 3.05) is 6.54 Å². The molecule has 1 unspecified atom stereocenters. The molecule has 2 aromatic rings. The van der Waals surface area contributed by atoms with Gasteiger partial charge in [-0.1, -0.05) is 36.4 Å². The quantitative estimate of drug-likeness (QED) is 0.688. The van der Waals surface area contributed by atoms with Crippen molar-refractivity contribution in [1.82, 2.24) is 0 Å². The third-order valence-corrected chi connectivity index (χ3v) is 3.19. The van der Waals surface area contributed by atoms with Gasteiger partial charge in [0.25, 0.3) is 6.10 Å². The summed E-state index contributed by atoms with van der Waals surface area (Å²) in [5.74, 6) is -5.91. The lowest BCUT2D eigenvalue weighted by atomic mass is 10.0. The molecule has 8 heteroatoms. The molecule has 0 amide bonds. The van der Waals surface area contributed by atoms with Crippen LogP contribution in [-0.2, 0) is 4.74 Å². The Morgan fingerprint density at radius 1 is 1.04 bits per heavy atom. The highest BCUT2D eigenvalue weighted by atomic mass is 19.4. The van der Waals surface area contributed by atoms with Crippen LogP contribution in [0, 0.1) is 0 Å². The smallest absolute Gasteiger partial charge is 0.431 e. The summed E-state index contributed by atoms with van der Waals surface area (Å²) in [6.07, 6.45) is -9.05. The van der Waals surface area contributed by atoms with E-state index in [0.29, 0.717) is 10.8 Å². The van der Waals surface area contributed by atoms with E-state index in [4.69, 9.17) is 0 Å². The van der Waals surface area contributed by atoms with E-state index in [0.717, 1.165) is 0 Å². The molecule has 2 N–H and O–H groups in total. The van der Waals surface area contributed by atoms with E-state index in [1.807, 2.05) is 0 Å². The zero-order valence-corrected chi connectivity index (χ0v) is 11.6. The number of esters is 1. The Balaban J connectivity index is 2.39. The van der Waals surface area contributed by atoms with Crippen molar-refractivity contribution in [2.24, 2.45) is 5.73 Å². The van der Waals surface area contributed by atoms with Crippen molar-refractivity contribution in [2.45, 2.75) is 18.2 Å². The van der Waals surface area contributed by atoms with Crippen LogP contribution in [0.25, 0.3) is 10.8 Å². The molecule has 0 aliphatic heterocycles. The molecule has 3 nitrogen and oxygen atoms in total. The van der Waals surface area contributed by atoms with Gasteiger partial charge >= 0.3 is 18.1 Å². The van der Waals surface area contributed by atoms with E-state index >= 15 is 0 Å². The lowest BCUT2D eigenvalue weighted by Crippen LogP contribution is -2.51. The van der Waals surface area contributed by atoms with Crippen LogP contribution in [0.3, 0.4) is 0 Å². The molecular formula is C15H12F5NO2. The van der Waals surface area contributed by atoms with Gasteiger partial charge in [-0.2, -0.15) is 13.2 Å². The second-order valence-corrected chi connectivity index (χ2v) is 4.82. The summed E-state index contributed by atoms with van der Waals surface area (Å²) in [4.78, 5) is 12.0. The number of halogens is 5. The SMILES string of the molecule is NCC(F)(F)C(OC(=O)c1cccc2ccccc12)C(F)(F)F. The summed E-state index contributed by atoms with van der Waals surface area (Å²) in [7, 11) is 0. The second kappa shape index (κ2) is 6.11. The lowest BCUT2D eigenvalue weighted by molar-refractivity contribution is -0.265. The molecular weight excluding hydrogens is 321 g/mol. The summed E-state index contributed by atoms with van der Waals surface area (Å²) >= 11 is 0. The maximum Gasteiger partial charge on any atom is 0.431 e. The molecule has 0 bridgehead atoms. The molecule has 0 spiro atoms. The van der Waals surface area contributed by atoms with E-state index in [9.17, 15) is 26.7 Å². The molecule has 0 aliphatic rings. The molecule has 2 rings (SSSR count). The first kappa shape index (κ1) is 17.1. The topological polar surface area (TPSA) is 52.3 Å². The monoisotopic (exact) mass is 333 g/mol. The van der Waals surface area contributed by atoms with E-state index in [-0.39, 0.29) is 5.56 Å². The number of hydrogen-bond acceptors (Lipinski definition) is 3. The molecule has 0 fully saturated rings. The third-order valence-electron chi connectivity index (χ3n) is 3.19. The number of hydrogen-bond donors (Lipinski definition) is 1. The zero-order valence-electron chi connectivity index (χ0n) is 11.6. The minimum atomic E-state index is -5.44. The van der Waals surface area contributed by atoms with Gasteiger partial charge in [-0.05, 0) is 16.8 Å². The minimum Gasteiger partial charge on any atom is -0.442 e. The van der Waals surface area contributed by atoms with Gasteiger partial charge in [0.2, 0.25) is 0 Å². The van der Waals surface area contributed by atoms with Crippen molar-refractivity contribution in [3.05, 3.63) is 48.0 Å². The molecule has 1 atom stereocenters. The Labute approximate surface area is 127 Å². The van der Waals surface area contributed by atoms with E-state index < -0.39 is 30.7 Å². The first-order valence-electron chi connectivity index (χ1n) is 6.50. The number of carbonyl (C=O) groups is 1. The largest absolute Gasteiger partial charge is 0.442 e. The third kappa shape index (κ3) is 3.58. The second-order valence-electron chi connectivity index (χ2n) is 4.82. The number of alkyl halides is 5. The molecule has 2 aromatic carbocycles. The minimum absolute atomic E-state index is 0.231. The predicted octanol–water partition coefficient (Wildman–Crippen LogP) is 3.52. The summed E-state index contributed by atoms with van der Waals surface area (Å²) in [5.41, 5.74) is 4.44. The van der Waals surface area contributed by atoms with E-state index in [1.165, 1.54) is 18.2 Å². The molecule has 0 saturated carbocycles. The van der Waals surface area contributed by atoms with Crippen LogP contribution in [-0.4, -0.2) is 30.7 Å². The first-order chi connectivity index (χ1) is 10.7. The Bertz CT molecular complexity index is 709. The van der Waals surface area contributed by atoms with Crippen LogP contribution < -0.4 is 5.73 Å².